The standard InChI is InChI=1S/C21H29NO3/c1-20-10-8-18(24)22-16(20)11-15(23)19-13-5-6-17(25-12-3-4-12)21(13,2)9-7-14(19)20/h11-14,17,19H,3-10H2,1-2H3,(H,22,24)/t13-,14+,17?,19-,20+,21-/m0/s1. The van der Waals surface area contributed by atoms with Crippen molar-refractivity contribution < 1.29 is 14.3 Å². The van der Waals surface area contributed by atoms with Gasteiger partial charge in [-0.3, -0.25) is 9.59 Å². The number of ether oxygens (including phenoxy) is 1. The van der Waals surface area contributed by atoms with Gasteiger partial charge in [0.25, 0.3) is 0 Å². The maximum atomic E-state index is 13.1. The summed E-state index contributed by atoms with van der Waals surface area (Å²) in [5, 5.41) is 3.01. The molecule has 1 N–H and O–H groups in total. The molecule has 0 aromatic heterocycles. The van der Waals surface area contributed by atoms with Gasteiger partial charge in [0.2, 0.25) is 5.91 Å². The van der Waals surface area contributed by atoms with Crippen molar-refractivity contribution in [3.05, 3.63) is 11.8 Å². The molecule has 6 atom stereocenters. The monoisotopic (exact) mass is 343 g/mol. The first-order chi connectivity index (χ1) is 11.9. The molecular formula is C21H29NO3. The topological polar surface area (TPSA) is 55.4 Å². The van der Waals surface area contributed by atoms with Crippen molar-refractivity contribution in [2.75, 3.05) is 0 Å². The molecule has 4 heteroatoms. The van der Waals surface area contributed by atoms with E-state index in [9.17, 15) is 9.59 Å². The second kappa shape index (κ2) is 5.18. The number of allylic oxidation sites excluding steroid dienone is 2. The Kier molecular flexibility index (Phi) is 3.33. The molecule has 4 aliphatic carbocycles. The largest absolute Gasteiger partial charge is 0.374 e. The first-order valence-electron chi connectivity index (χ1n) is 10.1. The van der Waals surface area contributed by atoms with E-state index in [0.717, 1.165) is 37.8 Å². The van der Waals surface area contributed by atoms with Gasteiger partial charge in [0.15, 0.2) is 5.78 Å². The zero-order valence-corrected chi connectivity index (χ0v) is 15.3. The number of piperidine rings is 1. The minimum Gasteiger partial charge on any atom is -0.374 e. The third-order valence-electron chi connectivity index (χ3n) is 8.26. The first-order valence-corrected chi connectivity index (χ1v) is 10.1. The molecule has 1 aliphatic heterocycles. The van der Waals surface area contributed by atoms with E-state index >= 15 is 0 Å². The van der Waals surface area contributed by atoms with E-state index in [1.165, 1.54) is 12.8 Å². The summed E-state index contributed by atoms with van der Waals surface area (Å²) in [5.41, 5.74) is 1.00. The highest BCUT2D eigenvalue weighted by Gasteiger charge is 2.61. The highest BCUT2D eigenvalue weighted by molar-refractivity contribution is 5.96. The third kappa shape index (κ3) is 2.22. The predicted octanol–water partition coefficient (Wildman–Crippen LogP) is 3.36. The van der Waals surface area contributed by atoms with Crippen LogP contribution in [0.2, 0.25) is 0 Å². The number of hydrogen-bond donors (Lipinski definition) is 1. The van der Waals surface area contributed by atoms with Crippen LogP contribution in [-0.2, 0) is 14.3 Å². The Bertz CT molecular complexity index is 666. The maximum absolute atomic E-state index is 13.1. The fourth-order valence-electron chi connectivity index (χ4n) is 6.55. The van der Waals surface area contributed by atoms with Crippen molar-refractivity contribution in [1.29, 1.82) is 0 Å². The number of hydrogen-bond acceptors (Lipinski definition) is 3. The fourth-order valence-corrected chi connectivity index (χ4v) is 6.55. The highest BCUT2D eigenvalue weighted by atomic mass is 16.5. The number of carbonyl (C=O) groups is 2. The summed E-state index contributed by atoms with van der Waals surface area (Å²) < 4.78 is 6.37. The summed E-state index contributed by atoms with van der Waals surface area (Å²) in [6.07, 6.45) is 11.0. The van der Waals surface area contributed by atoms with Crippen LogP contribution in [0.5, 0.6) is 0 Å². The van der Waals surface area contributed by atoms with Crippen LogP contribution in [0.1, 0.15) is 65.2 Å². The Morgan fingerprint density at radius 3 is 2.60 bits per heavy atom. The van der Waals surface area contributed by atoms with Gasteiger partial charge in [-0.25, -0.2) is 0 Å². The summed E-state index contributed by atoms with van der Waals surface area (Å²) >= 11 is 0. The normalized spacial score (nSPS) is 49.0. The van der Waals surface area contributed by atoms with Crippen LogP contribution >= 0.6 is 0 Å². The summed E-state index contributed by atoms with van der Waals surface area (Å²) in [5.74, 6) is 1.25. The average Bonchev–Trinajstić information content (AvgIpc) is 3.32. The van der Waals surface area contributed by atoms with Crippen molar-refractivity contribution in [2.24, 2.45) is 28.6 Å². The molecule has 5 rings (SSSR count). The van der Waals surface area contributed by atoms with Crippen LogP contribution in [0.3, 0.4) is 0 Å². The molecule has 25 heavy (non-hydrogen) atoms. The van der Waals surface area contributed by atoms with Gasteiger partial charge in [-0.05, 0) is 62.2 Å². The van der Waals surface area contributed by atoms with Crippen molar-refractivity contribution in [2.45, 2.75) is 77.4 Å². The van der Waals surface area contributed by atoms with Crippen LogP contribution in [0.25, 0.3) is 0 Å². The van der Waals surface area contributed by atoms with Gasteiger partial charge in [-0.15, -0.1) is 0 Å². The van der Waals surface area contributed by atoms with Crippen LogP contribution in [0.4, 0.5) is 0 Å². The van der Waals surface area contributed by atoms with Gasteiger partial charge in [-0.1, -0.05) is 13.8 Å². The van der Waals surface area contributed by atoms with Gasteiger partial charge >= 0.3 is 0 Å². The number of nitrogens with one attached hydrogen (secondary N) is 1. The lowest BCUT2D eigenvalue weighted by Gasteiger charge is -2.56. The van der Waals surface area contributed by atoms with E-state index in [0.29, 0.717) is 30.5 Å². The Labute approximate surface area is 149 Å². The molecule has 4 fully saturated rings. The third-order valence-corrected chi connectivity index (χ3v) is 8.26. The molecule has 1 amide bonds. The van der Waals surface area contributed by atoms with Crippen LogP contribution in [0.15, 0.2) is 11.8 Å². The van der Waals surface area contributed by atoms with Gasteiger partial charge < -0.3 is 10.1 Å². The van der Waals surface area contributed by atoms with Crippen LogP contribution in [0, 0.1) is 28.6 Å². The lowest BCUT2D eigenvalue weighted by atomic mass is 9.49. The summed E-state index contributed by atoms with van der Waals surface area (Å²) in [6, 6.07) is 0. The smallest absolute Gasteiger partial charge is 0.224 e. The lowest BCUT2D eigenvalue weighted by Crippen LogP contribution is -2.56. The van der Waals surface area contributed by atoms with E-state index in [1.807, 2.05) is 0 Å². The molecule has 0 bridgehead atoms. The second-order valence-corrected chi connectivity index (χ2v) is 9.61. The minimum atomic E-state index is -0.0384. The van der Waals surface area contributed by atoms with Crippen LogP contribution in [-0.4, -0.2) is 23.9 Å². The average molecular weight is 343 g/mol. The molecule has 0 aromatic carbocycles. The molecule has 3 saturated carbocycles. The Hall–Kier alpha value is -1.16. The van der Waals surface area contributed by atoms with E-state index in [1.54, 1.807) is 6.08 Å². The van der Waals surface area contributed by atoms with Crippen molar-refractivity contribution >= 4 is 11.7 Å². The van der Waals surface area contributed by atoms with E-state index in [-0.39, 0.29) is 28.4 Å². The van der Waals surface area contributed by atoms with E-state index in [2.05, 4.69) is 19.2 Å². The molecule has 0 aromatic rings. The van der Waals surface area contributed by atoms with E-state index < -0.39 is 0 Å². The SMILES string of the molecule is C[C@]12CCC(=O)NC1=CC(=O)[C@@H]1[C@H]2CC[C@]2(C)C(OC3CC3)CC[C@@H]12. The first kappa shape index (κ1) is 16.0. The van der Waals surface area contributed by atoms with E-state index in [4.69, 9.17) is 4.74 Å². The zero-order chi connectivity index (χ0) is 17.4. The van der Waals surface area contributed by atoms with Crippen molar-refractivity contribution in [1.82, 2.24) is 5.32 Å². The zero-order valence-electron chi connectivity index (χ0n) is 15.3. The molecule has 0 radical (unpaired) electrons. The predicted molar refractivity (Wildman–Crippen MR) is 93.5 cm³/mol. The Morgan fingerprint density at radius 2 is 1.84 bits per heavy atom. The second-order valence-electron chi connectivity index (χ2n) is 9.61. The molecular weight excluding hydrogens is 314 g/mol. The molecule has 1 heterocycles. The highest BCUT2D eigenvalue weighted by Crippen LogP contribution is 2.63. The Morgan fingerprint density at radius 1 is 1.04 bits per heavy atom. The maximum Gasteiger partial charge on any atom is 0.224 e. The molecule has 5 aliphatic rings. The van der Waals surface area contributed by atoms with Gasteiger partial charge in [-0.2, -0.15) is 0 Å². The van der Waals surface area contributed by atoms with Gasteiger partial charge in [0.1, 0.15) is 0 Å². The van der Waals surface area contributed by atoms with Crippen molar-refractivity contribution in [3.8, 4) is 0 Å². The lowest BCUT2D eigenvalue weighted by molar-refractivity contribution is -0.140. The molecule has 136 valence electrons. The fraction of sp³-hybridized carbons (Fsp3) is 0.810. The number of ketones is 1. The molecule has 1 unspecified atom stereocenters. The van der Waals surface area contributed by atoms with Gasteiger partial charge in [0.05, 0.1) is 12.2 Å². The number of carbonyl (C=O) groups excluding carboxylic acids is 2. The van der Waals surface area contributed by atoms with Crippen molar-refractivity contribution in [3.63, 3.8) is 0 Å². The quantitative estimate of drug-likeness (QED) is 0.836. The molecule has 1 saturated heterocycles. The number of amides is 1. The van der Waals surface area contributed by atoms with Crippen LogP contribution < -0.4 is 5.32 Å². The number of fused-ring (bicyclic) bond motifs is 5. The Balaban J connectivity index is 1.48. The number of rotatable bonds is 2. The summed E-state index contributed by atoms with van der Waals surface area (Å²) in [6.45, 7) is 4.66. The molecule has 4 nitrogen and oxygen atoms in total. The van der Waals surface area contributed by atoms with Gasteiger partial charge in [0, 0.05) is 29.5 Å². The molecule has 0 spiro atoms. The minimum absolute atomic E-state index is 0.0384. The summed E-state index contributed by atoms with van der Waals surface area (Å²) in [7, 11) is 0. The summed E-state index contributed by atoms with van der Waals surface area (Å²) in [4.78, 5) is 24.9.